The lowest BCUT2D eigenvalue weighted by atomic mass is 10.1. The van der Waals surface area contributed by atoms with Gasteiger partial charge in [0, 0.05) is 55.2 Å². The Morgan fingerprint density at radius 2 is 2.03 bits per heavy atom. The van der Waals surface area contributed by atoms with Crippen LogP contribution in [0.1, 0.15) is 13.3 Å². The predicted octanol–water partition coefficient (Wildman–Crippen LogP) is 4.33. The Labute approximate surface area is 186 Å². The summed E-state index contributed by atoms with van der Waals surface area (Å²) in [6.07, 6.45) is 4.77. The van der Waals surface area contributed by atoms with Crippen molar-refractivity contribution in [1.29, 1.82) is 0 Å². The molecule has 0 N–H and O–H groups in total. The van der Waals surface area contributed by atoms with E-state index in [1.165, 1.54) is 24.6 Å². The number of methoxy groups -OCH3 is 1. The van der Waals surface area contributed by atoms with Gasteiger partial charge in [0.05, 0.1) is 19.4 Å². The summed E-state index contributed by atoms with van der Waals surface area (Å²) in [6, 6.07) is 8.02. The minimum absolute atomic E-state index is 0.674. The van der Waals surface area contributed by atoms with Crippen LogP contribution >= 0.6 is 23.5 Å². The van der Waals surface area contributed by atoms with Gasteiger partial charge in [-0.3, -0.25) is 4.40 Å². The number of fused-ring (bicyclic) bond motifs is 1. The van der Waals surface area contributed by atoms with Gasteiger partial charge in [-0.25, -0.2) is 9.97 Å². The highest BCUT2D eigenvalue weighted by Crippen LogP contribution is 2.33. The molecule has 160 valence electrons. The first-order chi connectivity index (χ1) is 14.8. The molecule has 3 aromatic rings. The lowest BCUT2D eigenvalue weighted by Crippen LogP contribution is -2.33. The fourth-order valence-electron chi connectivity index (χ4n) is 3.52. The van der Waals surface area contributed by atoms with E-state index < -0.39 is 0 Å². The lowest BCUT2D eigenvalue weighted by Gasteiger charge is -2.26. The summed E-state index contributed by atoms with van der Waals surface area (Å²) < 4.78 is 13.7. The second-order valence-corrected chi connectivity index (χ2v) is 9.49. The van der Waals surface area contributed by atoms with Crippen LogP contribution < -0.4 is 9.47 Å². The van der Waals surface area contributed by atoms with Crippen molar-refractivity contribution in [2.24, 2.45) is 0 Å². The van der Waals surface area contributed by atoms with Gasteiger partial charge < -0.3 is 14.4 Å². The highest BCUT2D eigenvalue weighted by molar-refractivity contribution is 7.99. The summed E-state index contributed by atoms with van der Waals surface area (Å²) >= 11 is 3.75. The number of aromatic nitrogens is 3. The average molecular weight is 445 g/mol. The first kappa shape index (κ1) is 21.3. The first-order valence-corrected chi connectivity index (χ1v) is 12.5. The fourth-order valence-corrected chi connectivity index (χ4v) is 5.21. The van der Waals surface area contributed by atoms with Crippen LogP contribution in [-0.2, 0) is 0 Å². The summed E-state index contributed by atoms with van der Waals surface area (Å²) in [4.78, 5) is 11.8. The zero-order valence-corrected chi connectivity index (χ0v) is 19.2. The summed E-state index contributed by atoms with van der Waals surface area (Å²) in [5.41, 5.74) is 2.79. The Hall–Kier alpha value is -1.90. The Morgan fingerprint density at radius 1 is 1.17 bits per heavy atom. The van der Waals surface area contributed by atoms with E-state index in [0.29, 0.717) is 6.61 Å². The van der Waals surface area contributed by atoms with Gasteiger partial charge in [-0.05, 0) is 30.4 Å². The van der Waals surface area contributed by atoms with E-state index >= 15 is 0 Å². The number of hydrogen-bond donors (Lipinski definition) is 0. The van der Waals surface area contributed by atoms with E-state index in [4.69, 9.17) is 14.5 Å². The van der Waals surface area contributed by atoms with Crippen LogP contribution in [0.25, 0.3) is 16.9 Å². The van der Waals surface area contributed by atoms with Crippen molar-refractivity contribution in [2.75, 3.05) is 50.6 Å². The third kappa shape index (κ3) is 5.04. The van der Waals surface area contributed by atoms with Crippen molar-refractivity contribution in [1.82, 2.24) is 19.3 Å². The normalized spacial score (nSPS) is 14.9. The highest BCUT2D eigenvalue weighted by Gasteiger charge is 2.13. The quantitative estimate of drug-likeness (QED) is 0.276. The Kier molecular flexibility index (Phi) is 7.41. The Morgan fingerprint density at radius 3 is 2.83 bits per heavy atom. The monoisotopic (exact) mass is 444 g/mol. The van der Waals surface area contributed by atoms with Gasteiger partial charge in [0.2, 0.25) is 0 Å². The van der Waals surface area contributed by atoms with Gasteiger partial charge in [-0.15, -0.1) is 0 Å². The van der Waals surface area contributed by atoms with Crippen LogP contribution in [0.3, 0.4) is 0 Å². The molecule has 1 aromatic carbocycles. The molecule has 0 spiro atoms. The van der Waals surface area contributed by atoms with Crippen LogP contribution in [-0.4, -0.2) is 69.9 Å². The molecule has 30 heavy (non-hydrogen) atoms. The Bertz CT molecular complexity index is 973. The first-order valence-electron chi connectivity index (χ1n) is 10.4. The van der Waals surface area contributed by atoms with Gasteiger partial charge in [0.15, 0.2) is 16.7 Å². The highest BCUT2D eigenvalue weighted by atomic mass is 32.2. The molecule has 0 unspecified atom stereocenters. The molecular weight excluding hydrogens is 416 g/mol. The lowest BCUT2D eigenvalue weighted by molar-refractivity contribution is 0.242. The van der Waals surface area contributed by atoms with E-state index in [1.54, 1.807) is 18.9 Å². The minimum Gasteiger partial charge on any atom is -0.493 e. The molecular formula is C22H28N4O2S2. The minimum atomic E-state index is 0.674. The summed E-state index contributed by atoms with van der Waals surface area (Å²) in [7, 11) is 1.68. The van der Waals surface area contributed by atoms with E-state index in [9.17, 15) is 0 Å². The van der Waals surface area contributed by atoms with Crippen molar-refractivity contribution < 1.29 is 9.47 Å². The van der Waals surface area contributed by atoms with Crippen LogP contribution in [0.2, 0.25) is 0 Å². The van der Waals surface area contributed by atoms with Crippen molar-refractivity contribution in [3.8, 4) is 22.8 Å². The number of imidazole rings is 1. The summed E-state index contributed by atoms with van der Waals surface area (Å²) in [6.45, 7) is 6.25. The molecule has 1 fully saturated rings. The molecule has 1 aliphatic rings. The number of thioether (sulfide) groups is 2. The van der Waals surface area contributed by atoms with E-state index in [2.05, 4.69) is 16.8 Å². The van der Waals surface area contributed by atoms with Crippen LogP contribution in [0, 0.1) is 0 Å². The van der Waals surface area contributed by atoms with Crippen molar-refractivity contribution in [2.45, 2.75) is 18.5 Å². The largest absolute Gasteiger partial charge is 0.493 e. The van der Waals surface area contributed by atoms with Crippen LogP contribution in [0.4, 0.5) is 0 Å². The van der Waals surface area contributed by atoms with Gasteiger partial charge in [0.25, 0.3) is 0 Å². The fraction of sp³-hybridized carbons (Fsp3) is 0.455. The Balaban J connectivity index is 1.50. The molecule has 0 saturated carbocycles. The number of ether oxygens (including phenoxy) is 2. The SMILES string of the molecule is CCSc1nc(-c2ccc(OC)c(OCCCN3CCSCC3)c2)cc2nccn12. The smallest absolute Gasteiger partial charge is 0.174 e. The number of nitrogens with zero attached hydrogens (tertiary/aromatic N) is 4. The molecule has 1 aliphatic heterocycles. The number of rotatable bonds is 9. The maximum atomic E-state index is 6.12. The number of benzene rings is 1. The van der Waals surface area contributed by atoms with Crippen molar-refractivity contribution >= 4 is 29.2 Å². The molecule has 0 bridgehead atoms. The van der Waals surface area contributed by atoms with Gasteiger partial charge in [0.1, 0.15) is 5.65 Å². The third-order valence-corrected chi connectivity index (χ3v) is 6.85. The topological polar surface area (TPSA) is 51.9 Å². The van der Waals surface area contributed by atoms with Crippen molar-refractivity contribution in [3.63, 3.8) is 0 Å². The molecule has 0 radical (unpaired) electrons. The van der Waals surface area contributed by atoms with Crippen LogP contribution in [0.15, 0.2) is 41.8 Å². The second kappa shape index (κ2) is 10.4. The average Bonchev–Trinajstić information content (AvgIpc) is 3.26. The van der Waals surface area contributed by atoms with Gasteiger partial charge >= 0.3 is 0 Å². The molecule has 1 saturated heterocycles. The zero-order chi connectivity index (χ0) is 20.8. The molecule has 0 amide bonds. The van der Waals surface area contributed by atoms with Crippen molar-refractivity contribution in [3.05, 3.63) is 36.7 Å². The van der Waals surface area contributed by atoms with E-state index in [1.807, 2.05) is 52.8 Å². The van der Waals surface area contributed by atoms with Crippen LogP contribution in [0.5, 0.6) is 11.5 Å². The molecule has 2 aromatic heterocycles. The zero-order valence-electron chi connectivity index (χ0n) is 17.5. The predicted molar refractivity (Wildman–Crippen MR) is 125 cm³/mol. The van der Waals surface area contributed by atoms with E-state index in [0.717, 1.165) is 52.3 Å². The molecule has 0 atom stereocenters. The molecule has 6 nitrogen and oxygen atoms in total. The maximum absolute atomic E-state index is 6.12. The molecule has 0 aliphatic carbocycles. The molecule has 8 heteroatoms. The third-order valence-electron chi connectivity index (χ3n) is 5.07. The standard InChI is InChI=1S/C22H28N4O2S2/c1-3-30-22-24-18(16-21-23-7-9-26(21)22)17-5-6-19(27-2)20(15-17)28-12-4-8-25-10-13-29-14-11-25/h5-7,9,15-16H,3-4,8,10-14H2,1-2H3. The molecule has 4 rings (SSSR count). The van der Waals surface area contributed by atoms with E-state index in [-0.39, 0.29) is 0 Å². The molecule has 3 heterocycles. The summed E-state index contributed by atoms with van der Waals surface area (Å²) in [5, 5.41) is 0.945. The number of hydrogen-bond acceptors (Lipinski definition) is 7. The van der Waals surface area contributed by atoms with Gasteiger partial charge in [-0.1, -0.05) is 18.7 Å². The maximum Gasteiger partial charge on any atom is 0.174 e. The second-order valence-electron chi connectivity index (χ2n) is 7.03. The summed E-state index contributed by atoms with van der Waals surface area (Å²) in [5.74, 6) is 4.94. The van der Waals surface area contributed by atoms with Gasteiger partial charge in [-0.2, -0.15) is 11.8 Å².